The van der Waals surface area contributed by atoms with Crippen LogP contribution in [0.15, 0.2) is 59.1 Å². The quantitative estimate of drug-likeness (QED) is 0.164. The van der Waals surface area contributed by atoms with E-state index in [0.717, 1.165) is 28.3 Å². The Labute approximate surface area is 219 Å². The molecule has 0 saturated carbocycles. The first-order chi connectivity index (χ1) is 18.4. The van der Waals surface area contributed by atoms with E-state index in [2.05, 4.69) is 10.1 Å². The number of aryl methyl sites for hydroxylation is 1. The van der Waals surface area contributed by atoms with Gasteiger partial charge in [-0.25, -0.2) is 4.39 Å². The predicted molar refractivity (Wildman–Crippen MR) is 137 cm³/mol. The molecule has 1 aromatic heterocycles. The summed E-state index contributed by atoms with van der Waals surface area (Å²) in [5.41, 5.74) is 5.03. The molecule has 1 heterocycles. The zero-order valence-corrected chi connectivity index (χ0v) is 21.4. The van der Waals surface area contributed by atoms with Crippen LogP contribution in [-0.2, 0) is 20.9 Å². The molecule has 0 aliphatic rings. The molecule has 38 heavy (non-hydrogen) atoms. The fourth-order valence-electron chi connectivity index (χ4n) is 4.03. The van der Waals surface area contributed by atoms with Gasteiger partial charge in [0.15, 0.2) is 11.6 Å². The van der Waals surface area contributed by atoms with Crippen molar-refractivity contribution in [3.63, 3.8) is 0 Å². The van der Waals surface area contributed by atoms with E-state index in [4.69, 9.17) is 18.7 Å². The third-order valence-corrected chi connectivity index (χ3v) is 5.85. The van der Waals surface area contributed by atoms with Gasteiger partial charge in [0, 0.05) is 24.7 Å². The minimum Gasteiger partial charge on any atom is -0.490 e. The molecule has 0 atom stereocenters. The number of ether oxygens (including phenoxy) is 3. The van der Waals surface area contributed by atoms with Crippen LogP contribution >= 0.6 is 0 Å². The Kier molecular flexibility index (Phi) is 8.81. The molecule has 0 saturated heterocycles. The van der Waals surface area contributed by atoms with Crippen molar-refractivity contribution in [1.82, 2.24) is 10.1 Å². The summed E-state index contributed by atoms with van der Waals surface area (Å²) in [6.45, 7) is 4.41. The summed E-state index contributed by atoms with van der Waals surface area (Å²) < 4.78 is 49.8. The summed E-state index contributed by atoms with van der Waals surface area (Å²) in [6, 6.07) is 16.1. The second-order valence-corrected chi connectivity index (χ2v) is 8.57. The lowest BCUT2D eigenvalue weighted by Crippen LogP contribution is -2.07. The molecule has 0 unspecified atom stereocenters. The van der Waals surface area contributed by atoms with Crippen LogP contribution in [0, 0.1) is 18.6 Å². The summed E-state index contributed by atoms with van der Waals surface area (Å²) in [6.07, 6.45) is 0.401. The standard InChI is InChI=1S/C29H28F2N2O5/c1-4-36-26(34)10-7-13-37-25-16-20(15-24(30)27(25)31)28-32-29(38-33-28)19-11-12-23(21(14-19)17-35-3)22-9-6-5-8-18(22)2/h5-6,8-9,11-12,14-16H,4,7,10,13,17H2,1-3H3. The lowest BCUT2D eigenvalue weighted by Gasteiger charge is -2.12. The number of esters is 1. The van der Waals surface area contributed by atoms with Gasteiger partial charge in [-0.3, -0.25) is 4.79 Å². The highest BCUT2D eigenvalue weighted by Crippen LogP contribution is 2.33. The normalized spacial score (nSPS) is 11.0. The molecule has 0 aliphatic heterocycles. The van der Waals surface area contributed by atoms with Crippen LogP contribution in [0.4, 0.5) is 8.78 Å². The Morgan fingerprint density at radius 2 is 1.84 bits per heavy atom. The summed E-state index contributed by atoms with van der Waals surface area (Å²) in [5.74, 6) is -2.64. The van der Waals surface area contributed by atoms with Crippen LogP contribution in [0.2, 0.25) is 0 Å². The van der Waals surface area contributed by atoms with Crippen LogP contribution in [0.5, 0.6) is 5.75 Å². The fraction of sp³-hybridized carbons (Fsp3) is 0.276. The molecule has 0 bridgehead atoms. The number of benzene rings is 3. The molecule has 0 aliphatic carbocycles. The van der Waals surface area contributed by atoms with Gasteiger partial charge < -0.3 is 18.7 Å². The van der Waals surface area contributed by atoms with Crippen molar-refractivity contribution in [2.45, 2.75) is 33.3 Å². The number of nitrogens with zero attached hydrogens (tertiary/aromatic N) is 2. The Morgan fingerprint density at radius 3 is 2.61 bits per heavy atom. The Bertz CT molecular complexity index is 1420. The van der Waals surface area contributed by atoms with Crippen LogP contribution in [0.1, 0.15) is 30.9 Å². The Hall–Kier alpha value is -4.11. The number of carbonyl (C=O) groups is 1. The topological polar surface area (TPSA) is 83.7 Å². The number of hydrogen-bond acceptors (Lipinski definition) is 7. The van der Waals surface area contributed by atoms with Crippen LogP contribution in [0.3, 0.4) is 0 Å². The minimum absolute atomic E-state index is 0.00559. The molecule has 4 aromatic rings. The first kappa shape index (κ1) is 26.9. The number of rotatable bonds is 11. The van der Waals surface area contributed by atoms with Crippen LogP contribution in [0.25, 0.3) is 34.0 Å². The molecule has 0 fully saturated rings. The molecule has 3 aromatic carbocycles. The minimum atomic E-state index is -1.13. The highest BCUT2D eigenvalue weighted by molar-refractivity contribution is 5.74. The van der Waals surface area contributed by atoms with Crippen molar-refractivity contribution < 1.29 is 32.3 Å². The van der Waals surface area contributed by atoms with Crippen molar-refractivity contribution in [2.75, 3.05) is 20.3 Å². The Morgan fingerprint density at radius 1 is 1.03 bits per heavy atom. The van der Waals surface area contributed by atoms with Crippen molar-refractivity contribution in [1.29, 1.82) is 0 Å². The van der Waals surface area contributed by atoms with Gasteiger partial charge in [0.2, 0.25) is 11.6 Å². The number of halogens is 2. The summed E-state index contributed by atoms with van der Waals surface area (Å²) in [7, 11) is 1.62. The molecule has 198 valence electrons. The van der Waals surface area contributed by atoms with E-state index in [9.17, 15) is 13.6 Å². The van der Waals surface area contributed by atoms with E-state index >= 15 is 0 Å². The second-order valence-electron chi connectivity index (χ2n) is 8.57. The number of hydrogen-bond donors (Lipinski definition) is 0. The fourth-order valence-corrected chi connectivity index (χ4v) is 4.03. The lowest BCUT2D eigenvalue weighted by atomic mass is 9.94. The van der Waals surface area contributed by atoms with Gasteiger partial charge in [-0.05, 0) is 66.8 Å². The predicted octanol–water partition coefficient (Wildman–Crippen LogP) is 6.53. The van der Waals surface area contributed by atoms with E-state index in [1.807, 2.05) is 49.4 Å². The zero-order chi connectivity index (χ0) is 27.1. The SMILES string of the molecule is CCOC(=O)CCCOc1cc(-c2noc(-c3ccc(-c4ccccc4C)c(COC)c3)n2)cc(F)c1F. The van der Waals surface area contributed by atoms with Gasteiger partial charge in [0.05, 0.1) is 19.8 Å². The van der Waals surface area contributed by atoms with E-state index in [-0.39, 0.29) is 48.6 Å². The first-order valence-corrected chi connectivity index (χ1v) is 12.2. The van der Waals surface area contributed by atoms with Gasteiger partial charge in [-0.2, -0.15) is 9.37 Å². The second kappa shape index (κ2) is 12.4. The van der Waals surface area contributed by atoms with E-state index in [1.54, 1.807) is 14.0 Å². The van der Waals surface area contributed by atoms with E-state index < -0.39 is 11.6 Å². The highest BCUT2D eigenvalue weighted by Gasteiger charge is 2.19. The van der Waals surface area contributed by atoms with Crippen molar-refractivity contribution in [3.8, 4) is 39.7 Å². The highest BCUT2D eigenvalue weighted by atomic mass is 19.2. The number of methoxy groups -OCH3 is 1. The summed E-state index contributed by atoms with van der Waals surface area (Å²) >= 11 is 0. The maximum absolute atomic E-state index is 14.3. The maximum Gasteiger partial charge on any atom is 0.305 e. The number of carbonyl (C=O) groups excluding carboxylic acids is 1. The van der Waals surface area contributed by atoms with Gasteiger partial charge in [0.1, 0.15) is 0 Å². The Balaban J connectivity index is 1.56. The maximum atomic E-state index is 14.3. The zero-order valence-electron chi connectivity index (χ0n) is 21.4. The average Bonchev–Trinajstić information content (AvgIpc) is 3.40. The molecule has 0 amide bonds. The smallest absolute Gasteiger partial charge is 0.305 e. The molecular weight excluding hydrogens is 494 g/mol. The molecule has 0 N–H and O–H groups in total. The third-order valence-electron chi connectivity index (χ3n) is 5.85. The largest absolute Gasteiger partial charge is 0.490 e. The lowest BCUT2D eigenvalue weighted by molar-refractivity contribution is -0.143. The van der Waals surface area contributed by atoms with Crippen molar-refractivity contribution in [2.24, 2.45) is 0 Å². The summed E-state index contributed by atoms with van der Waals surface area (Å²) in [5, 5.41) is 3.96. The van der Waals surface area contributed by atoms with E-state index in [1.165, 1.54) is 6.07 Å². The molecule has 0 spiro atoms. The number of aromatic nitrogens is 2. The van der Waals surface area contributed by atoms with Gasteiger partial charge in [-0.15, -0.1) is 0 Å². The van der Waals surface area contributed by atoms with Crippen molar-refractivity contribution in [3.05, 3.63) is 77.4 Å². The molecule has 0 radical (unpaired) electrons. The molecule has 9 heteroatoms. The van der Waals surface area contributed by atoms with Gasteiger partial charge >= 0.3 is 5.97 Å². The van der Waals surface area contributed by atoms with Crippen LogP contribution < -0.4 is 4.74 Å². The van der Waals surface area contributed by atoms with E-state index in [0.29, 0.717) is 18.6 Å². The third kappa shape index (κ3) is 6.23. The average molecular weight is 523 g/mol. The molecule has 4 rings (SSSR count). The summed E-state index contributed by atoms with van der Waals surface area (Å²) in [4.78, 5) is 15.9. The van der Waals surface area contributed by atoms with Crippen LogP contribution in [-0.4, -0.2) is 36.4 Å². The van der Waals surface area contributed by atoms with Gasteiger partial charge in [-0.1, -0.05) is 35.5 Å². The van der Waals surface area contributed by atoms with Crippen molar-refractivity contribution >= 4 is 5.97 Å². The monoisotopic (exact) mass is 522 g/mol. The first-order valence-electron chi connectivity index (χ1n) is 12.2. The molecular formula is C29H28F2N2O5. The molecule has 7 nitrogen and oxygen atoms in total. The van der Waals surface area contributed by atoms with Gasteiger partial charge in [0.25, 0.3) is 5.89 Å².